The van der Waals surface area contributed by atoms with E-state index in [1.165, 1.54) is 28.2 Å². The van der Waals surface area contributed by atoms with Crippen LogP contribution in [0.3, 0.4) is 0 Å². The van der Waals surface area contributed by atoms with E-state index < -0.39 is 35.3 Å². The van der Waals surface area contributed by atoms with Gasteiger partial charge in [-0.15, -0.1) is 16.9 Å². The van der Waals surface area contributed by atoms with Crippen LogP contribution in [0.15, 0.2) is 46.8 Å². The van der Waals surface area contributed by atoms with Crippen LogP contribution < -0.4 is 40.0 Å². The number of tetrazole rings is 1. The monoisotopic (exact) mass is 512 g/mol. The van der Waals surface area contributed by atoms with E-state index >= 15 is 0 Å². The summed E-state index contributed by atoms with van der Waals surface area (Å²) >= 11 is 2.55. The maximum atomic E-state index is 12.8. The Morgan fingerprint density at radius 1 is 1.38 bits per heavy atom. The number of β-lactam (4-membered cyclic amide) rings is 1. The average molecular weight is 513 g/mol. The van der Waals surface area contributed by atoms with Crippen LogP contribution in [-0.4, -0.2) is 72.3 Å². The molecule has 1 aromatic heterocycles. The summed E-state index contributed by atoms with van der Waals surface area (Å²) in [5.41, 5.74) is 0.726. The molecule has 0 bridgehead atoms. The molecule has 12 nitrogen and oxygen atoms in total. The van der Waals surface area contributed by atoms with Gasteiger partial charge in [0.05, 0.1) is 11.7 Å². The Kier molecular flexibility index (Phi) is 8.76. The Morgan fingerprint density at radius 2 is 2.12 bits per heavy atom. The van der Waals surface area contributed by atoms with Crippen molar-refractivity contribution in [1.82, 2.24) is 30.4 Å². The molecule has 0 spiro atoms. The molecular weight excluding hydrogens is 495 g/mol. The first-order valence-electron chi connectivity index (χ1n) is 9.60. The number of carboxylic acid groups (broad SMARTS) is 1. The molecular formula is C19H17N6NaO6S2. The molecule has 1 aromatic carbocycles. The van der Waals surface area contributed by atoms with Crippen molar-refractivity contribution in [2.24, 2.45) is 7.05 Å². The number of fused-ring (bicyclic) bond motifs is 1. The van der Waals surface area contributed by atoms with Gasteiger partial charge in [-0.25, -0.2) is 4.68 Å². The average Bonchev–Trinajstić information content (AvgIpc) is 3.23. The van der Waals surface area contributed by atoms with Gasteiger partial charge in [-0.3, -0.25) is 19.3 Å². The number of nitrogens with one attached hydrogen (secondary N) is 1. The van der Waals surface area contributed by atoms with Crippen molar-refractivity contribution in [3.8, 4) is 0 Å². The number of benzene rings is 1. The van der Waals surface area contributed by atoms with Crippen molar-refractivity contribution in [2.75, 3.05) is 11.5 Å². The predicted octanol–water partition coefficient (Wildman–Crippen LogP) is -4.38. The third-order valence-corrected chi connectivity index (χ3v) is 7.46. The Labute approximate surface area is 224 Å². The van der Waals surface area contributed by atoms with E-state index in [2.05, 4.69) is 20.8 Å². The topological polar surface area (TPSA) is 159 Å². The summed E-state index contributed by atoms with van der Waals surface area (Å²) in [6.45, 7) is 0.162. The van der Waals surface area contributed by atoms with E-state index in [1.807, 2.05) is 0 Å². The molecule has 34 heavy (non-hydrogen) atoms. The fourth-order valence-corrected chi connectivity index (χ4v) is 5.82. The van der Waals surface area contributed by atoms with Gasteiger partial charge in [-0.1, -0.05) is 42.1 Å². The van der Waals surface area contributed by atoms with Gasteiger partial charge in [0.1, 0.15) is 11.4 Å². The summed E-state index contributed by atoms with van der Waals surface area (Å²) in [7, 11) is 1.66. The smallest absolute Gasteiger partial charge is 0.543 e. The van der Waals surface area contributed by atoms with E-state index in [4.69, 9.17) is 4.74 Å². The van der Waals surface area contributed by atoms with E-state index in [0.29, 0.717) is 22.0 Å². The second-order valence-corrected chi connectivity index (χ2v) is 9.08. The third kappa shape index (κ3) is 5.15. The normalized spacial score (nSPS) is 19.9. The van der Waals surface area contributed by atoms with Gasteiger partial charge in [0.15, 0.2) is 0 Å². The number of thioether (sulfide) groups is 2. The molecule has 15 heteroatoms. The minimum absolute atomic E-state index is 0. The maximum absolute atomic E-state index is 12.8. The number of rotatable bonds is 9. The van der Waals surface area contributed by atoms with Crippen molar-refractivity contribution in [2.45, 2.75) is 22.7 Å². The van der Waals surface area contributed by atoms with Crippen LogP contribution in [0.1, 0.15) is 11.7 Å². The van der Waals surface area contributed by atoms with E-state index in [9.17, 15) is 24.3 Å². The summed E-state index contributed by atoms with van der Waals surface area (Å²) in [4.78, 5) is 49.5. The number of aryl methyl sites for hydroxylation is 1. The molecule has 3 heterocycles. The maximum Gasteiger partial charge on any atom is 1.00 e. The minimum Gasteiger partial charge on any atom is -0.543 e. The van der Waals surface area contributed by atoms with Gasteiger partial charge in [-0.2, -0.15) is 0 Å². The summed E-state index contributed by atoms with van der Waals surface area (Å²) in [5.74, 6) is -2.17. The molecule has 1 N–H and O–H groups in total. The largest absolute Gasteiger partial charge is 1.00 e. The van der Waals surface area contributed by atoms with Crippen LogP contribution in [0.2, 0.25) is 0 Å². The summed E-state index contributed by atoms with van der Waals surface area (Å²) in [6, 6.07) is 7.39. The number of nitrogens with zero attached hydrogens (tertiary/aromatic N) is 5. The zero-order valence-corrected chi connectivity index (χ0v) is 21.7. The Balaban J connectivity index is 0.00000324. The Morgan fingerprint density at radius 3 is 2.74 bits per heavy atom. The van der Waals surface area contributed by atoms with E-state index in [-0.39, 0.29) is 47.5 Å². The summed E-state index contributed by atoms with van der Waals surface area (Å²) in [6.07, 6.45) is -1.23. The second-order valence-electron chi connectivity index (χ2n) is 7.03. The van der Waals surface area contributed by atoms with Crippen molar-refractivity contribution >= 4 is 47.8 Å². The molecule has 172 valence electrons. The molecule has 0 saturated carbocycles. The third-order valence-electron chi connectivity index (χ3n) is 5.03. The second kappa shape index (κ2) is 11.4. The fraction of sp³-hybridized carbons (Fsp3) is 0.316. The molecule has 2 amide bonds. The fourth-order valence-electron chi connectivity index (χ4n) is 3.48. The molecule has 0 aliphatic carbocycles. The van der Waals surface area contributed by atoms with Crippen molar-refractivity contribution < 1.29 is 58.6 Å². The number of aliphatic carboxylic acids is 1. The van der Waals surface area contributed by atoms with Crippen LogP contribution >= 0.6 is 23.5 Å². The SMILES string of the molecule is Cn1nnnc1SCC1=C(C(=O)[O-])N2C(=O)C(NC(=O)C(OC=O)c3ccccc3)[C@H]2SC1.[Na+]. The molecule has 4 rings (SSSR count). The molecule has 3 atom stereocenters. The number of aromatic nitrogens is 4. The predicted molar refractivity (Wildman–Crippen MR) is 113 cm³/mol. The first kappa shape index (κ1) is 26.2. The molecule has 2 aliphatic heterocycles. The Hall–Kier alpha value is -2.39. The number of carbonyl (C=O) groups excluding carboxylic acids is 4. The van der Waals surface area contributed by atoms with Crippen molar-refractivity contribution in [1.29, 1.82) is 0 Å². The van der Waals surface area contributed by atoms with Crippen LogP contribution in [0.25, 0.3) is 0 Å². The van der Waals surface area contributed by atoms with Gasteiger partial charge >= 0.3 is 29.6 Å². The van der Waals surface area contributed by atoms with Crippen molar-refractivity contribution in [3.05, 3.63) is 47.2 Å². The molecule has 2 unspecified atom stereocenters. The first-order chi connectivity index (χ1) is 15.9. The van der Waals surface area contributed by atoms with E-state index in [0.717, 1.165) is 4.90 Å². The number of ether oxygens (including phenoxy) is 1. The zero-order chi connectivity index (χ0) is 23.5. The molecule has 0 radical (unpaired) electrons. The van der Waals surface area contributed by atoms with Gasteiger partial charge in [0.2, 0.25) is 11.3 Å². The standard InChI is InChI=1S/C19H18N6O6S2.Na/c1-24-19(21-22-23-24)33-8-11-7-32-17-12(16(28)25(17)13(11)18(29)30)20-15(27)14(31-9-26)10-5-3-2-4-6-10;/h2-6,9,12,14,17H,7-8H2,1H3,(H,20,27)(H,29,30);/q;+1/p-1/t12?,14?,17-;/m1./s1. The number of carbonyl (C=O) groups is 4. The van der Waals surface area contributed by atoms with Gasteiger partial charge < -0.3 is 20.0 Å². The number of amides is 2. The van der Waals surface area contributed by atoms with Crippen LogP contribution in [0.4, 0.5) is 0 Å². The van der Waals surface area contributed by atoms with Gasteiger partial charge in [0.25, 0.3) is 18.3 Å². The molecule has 1 fully saturated rings. The van der Waals surface area contributed by atoms with Crippen LogP contribution in [-0.2, 0) is 31.0 Å². The van der Waals surface area contributed by atoms with Gasteiger partial charge in [-0.05, 0) is 16.0 Å². The van der Waals surface area contributed by atoms with Gasteiger partial charge in [0, 0.05) is 24.1 Å². The minimum atomic E-state index is -1.48. The van der Waals surface area contributed by atoms with Crippen LogP contribution in [0, 0.1) is 0 Å². The molecule has 1 saturated heterocycles. The van der Waals surface area contributed by atoms with E-state index in [1.54, 1.807) is 37.4 Å². The zero-order valence-electron chi connectivity index (χ0n) is 18.1. The number of carboxylic acids is 1. The molecule has 2 aliphatic rings. The summed E-state index contributed by atoms with van der Waals surface area (Å²) < 4.78 is 6.38. The van der Waals surface area contributed by atoms with Crippen LogP contribution in [0.5, 0.6) is 0 Å². The summed E-state index contributed by atoms with van der Waals surface area (Å²) in [5, 5.41) is 25.4. The first-order valence-corrected chi connectivity index (χ1v) is 11.6. The Bertz CT molecular complexity index is 1130. The quantitative estimate of drug-likeness (QED) is 0.150. The van der Waals surface area contributed by atoms with Crippen molar-refractivity contribution in [3.63, 3.8) is 0 Å². The number of hydrogen-bond donors (Lipinski definition) is 1. The number of hydrogen-bond acceptors (Lipinski definition) is 11. The molecule has 2 aromatic rings.